The minimum atomic E-state index is 0.322. The lowest BCUT2D eigenvalue weighted by Crippen LogP contribution is -1.85. The molecule has 0 radical (unpaired) electrons. The van der Waals surface area contributed by atoms with Crippen molar-refractivity contribution < 1.29 is 9.53 Å². The molecule has 0 aromatic heterocycles. The smallest absolute Gasteiger partial charge is 0.176 e. The van der Waals surface area contributed by atoms with Crippen LogP contribution < -0.4 is 0 Å². The Morgan fingerprint density at radius 2 is 2.43 bits per heavy atom. The predicted molar refractivity (Wildman–Crippen MR) is 26.5 cm³/mol. The second-order valence-electron chi connectivity index (χ2n) is 1.09. The second-order valence-corrected chi connectivity index (χ2v) is 1.09. The van der Waals surface area contributed by atoms with Crippen LogP contribution in [-0.2, 0) is 9.53 Å². The monoisotopic (exact) mass is 100 g/mol. The summed E-state index contributed by atoms with van der Waals surface area (Å²) >= 11 is 0. The number of hydrogen-bond donors (Lipinski definition) is 0. The molecule has 0 aromatic carbocycles. The Morgan fingerprint density at radius 3 is 2.57 bits per heavy atom. The molecule has 0 rings (SSSR count). The van der Waals surface area contributed by atoms with Crippen molar-refractivity contribution in [1.82, 2.24) is 0 Å². The first-order valence-electron chi connectivity index (χ1n) is 2.15. The van der Waals surface area contributed by atoms with Crippen LogP contribution in [0.5, 0.6) is 0 Å². The van der Waals surface area contributed by atoms with Crippen molar-refractivity contribution >= 4 is 5.94 Å². The maximum atomic E-state index is 9.61. The van der Waals surface area contributed by atoms with Crippen LogP contribution in [0.4, 0.5) is 0 Å². The van der Waals surface area contributed by atoms with Crippen LogP contribution in [0.1, 0.15) is 13.8 Å². The molecule has 0 aromatic rings. The predicted octanol–water partition coefficient (Wildman–Crippen LogP) is 0.758. The van der Waals surface area contributed by atoms with E-state index in [-0.39, 0.29) is 0 Å². The molecule has 0 aliphatic carbocycles. The van der Waals surface area contributed by atoms with E-state index in [1.807, 2.05) is 6.92 Å². The van der Waals surface area contributed by atoms with Crippen LogP contribution in [0.15, 0.2) is 5.76 Å². The van der Waals surface area contributed by atoms with Gasteiger partial charge in [0.2, 0.25) is 0 Å². The van der Waals surface area contributed by atoms with E-state index in [4.69, 9.17) is 0 Å². The summed E-state index contributed by atoms with van der Waals surface area (Å²) in [5, 5.41) is 0. The maximum Gasteiger partial charge on any atom is 0.176 e. The van der Waals surface area contributed by atoms with Crippen molar-refractivity contribution in [2.75, 3.05) is 6.61 Å². The standard InChI is InChI=1S/C5H8O2/c1-3-7-5(2)4-6/h3H2,1-2H3. The quantitative estimate of drug-likeness (QED) is 0.378. The molecule has 0 aliphatic rings. The van der Waals surface area contributed by atoms with Crippen LogP contribution in [0, 0.1) is 0 Å². The van der Waals surface area contributed by atoms with Crippen LogP contribution >= 0.6 is 0 Å². The molecule has 0 heterocycles. The van der Waals surface area contributed by atoms with E-state index in [2.05, 4.69) is 4.74 Å². The molecule has 0 unspecified atom stereocenters. The zero-order valence-electron chi connectivity index (χ0n) is 4.52. The normalized spacial score (nSPS) is 7.14. The van der Waals surface area contributed by atoms with Gasteiger partial charge >= 0.3 is 0 Å². The van der Waals surface area contributed by atoms with E-state index in [0.717, 1.165) is 0 Å². The molecule has 0 bridgehead atoms. The fourth-order valence-electron chi connectivity index (χ4n) is 0.246. The van der Waals surface area contributed by atoms with Crippen molar-refractivity contribution in [2.24, 2.45) is 0 Å². The van der Waals surface area contributed by atoms with Gasteiger partial charge < -0.3 is 4.74 Å². The van der Waals surface area contributed by atoms with Gasteiger partial charge in [-0.15, -0.1) is 0 Å². The van der Waals surface area contributed by atoms with Crippen molar-refractivity contribution in [3.63, 3.8) is 0 Å². The number of hydrogen-bond acceptors (Lipinski definition) is 2. The van der Waals surface area contributed by atoms with Gasteiger partial charge in [-0.2, -0.15) is 0 Å². The van der Waals surface area contributed by atoms with E-state index >= 15 is 0 Å². The van der Waals surface area contributed by atoms with Crippen LogP contribution in [0.2, 0.25) is 0 Å². The highest BCUT2D eigenvalue weighted by Crippen LogP contribution is 1.84. The summed E-state index contributed by atoms with van der Waals surface area (Å²) in [7, 11) is 0. The number of allylic oxidation sites excluding steroid dienone is 1. The molecule has 2 heteroatoms. The Kier molecular flexibility index (Phi) is 3.07. The largest absolute Gasteiger partial charge is 0.487 e. The third kappa shape index (κ3) is 3.07. The summed E-state index contributed by atoms with van der Waals surface area (Å²) in [5.41, 5.74) is 0. The SMILES string of the molecule is CCOC(C)=C=O. The van der Waals surface area contributed by atoms with Gasteiger partial charge in [-0.1, -0.05) is 0 Å². The maximum absolute atomic E-state index is 9.61. The Balaban J connectivity index is 3.37. The first kappa shape index (κ1) is 6.25. The summed E-state index contributed by atoms with van der Waals surface area (Å²) in [6.07, 6.45) is 0. The van der Waals surface area contributed by atoms with Gasteiger partial charge in [-0.3, -0.25) is 0 Å². The Morgan fingerprint density at radius 1 is 1.86 bits per heavy atom. The second kappa shape index (κ2) is 3.44. The zero-order valence-corrected chi connectivity index (χ0v) is 4.52. The van der Waals surface area contributed by atoms with Crippen LogP contribution in [0.25, 0.3) is 0 Å². The molecule has 7 heavy (non-hydrogen) atoms. The van der Waals surface area contributed by atoms with Crippen LogP contribution in [-0.4, -0.2) is 12.5 Å². The van der Waals surface area contributed by atoms with E-state index in [1.165, 1.54) is 0 Å². The van der Waals surface area contributed by atoms with Crippen molar-refractivity contribution in [1.29, 1.82) is 0 Å². The van der Waals surface area contributed by atoms with E-state index in [0.29, 0.717) is 12.4 Å². The molecule has 0 saturated heterocycles. The summed E-state index contributed by atoms with van der Waals surface area (Å²) in [4.78, 5) is 9.61. The summed E-state index contributed by atoms with van der Waals surface area (Å²) < 4.78 is 4.68. The molecule has 0 spiro atoms. The molecular weight excluding hydrogens is 92.1 g/mol. The van der Waals surface area contributed by atoms with Crippen molar-refractivity contribution in [3.05, 3.63) is 5.76 Å². The first-order valence-corrected chi connectivity index (χ1v) is 2.15. The topological polar surface area (TPSA) is 26.3 Å². The molecule has 0 saturated carbocycles. The average molecular weight is 100 g/mol. The van der Waals surface area contributed by atoms with E-state index in [9.17, 15) is 4.79 Å². The van der Waals surface area contributed by atoms with Crippen LogP contribution in [0.3, 0.4) is 0 Å². The molecule has 2 nitrogen and oxygen atoms in total. The minimum absolute atomic E-state index is 0.322. The Bertz CT molecular complexity index is 90.3. The lowest BCUT2D eigenvalue weighted by Gasteiger charge is -1.93. The number of rotatable bonds is 2. The first-order chi connectivity index (χ1) is 3.31. The van der Waals surface area contributed by atoms with Crippen molar-refractivity contribution in [2.45, 2.75) is 13.8 Å². The van der Waals surface area contributed by atoms with E-state index in [1.54, 1.807) is 12.9 Å². The summed E-state index contributed by atoms with van der Waals surface area (Å²) in [6.45, 7) is 3.94. The summed E-state index contributed by atoms with van der Waals surface area (Å²) in [5.74, 6) is 1.93. The molecule has 40 valence electrons. The van der Waals surface area contributed by atoms with Gasteiger partial charge in [-0.05, 0) is 6.92 Å². The fraction of sp³-hybridized carbons (Fsp3) is 0.600. The third-order valence-electron chi connectivity index (χ3n) is 0.505. The number of ether oxygens (including phenoxy) is 1. The highest BCUT2D eigenvalue weighted by Gasteiger charge is 1.80. The molecule has 0 N–H and O–H groups in total. The van der Waals surface area contributed by atoms with Gasteiger partial charge in [0.25, 0.3) is 0 Å². The lowest BCUT2D eigenvalue weighted by molar-refractivity contribution is 0.234. The summed E-state index contributed by atoms with van der Waals surface area (Å²) in [6, 6.07) is 0. The van der Waals surface area contributed by atoms with Gasteiger partial charge in [-0.25, -0.2) is 4.79 Å². The third-order valence-corrected chi connectivity index (χ3v) is 0.505. The molecule has 0 atom stereocenters. The number of carbonyl (C=O) groups excluding carboxylic acids is 1. The Labute approximate surface area is 42.8 Å². The highest BCUT2D eigenvalue weighted by molar-refractivity contribution is 5.48. The van der Waals surface area contributed by atoms with E-state index < -0.39 is 0 Å². The lowest BCUT2D eigenvalue weighted by atomic mass is 10.6. The van der Waals surface area contributed by atoms with Gasteiger partial charge in [0, 0.05) is 6.92 Å². The van der Waals surface area contributed by atoms with Gasteiger partial charge in [0.15, 0.2) is 11.7 Å². The van der Waals surface area contributed by atoms with Gasteiger partial charge in [0.05, 0.1) is 6.61 Å². The molecule has 0 fully saturated rings. The fourth-order valence-corrected chi connectivity index (χ4v) is 0.246. The molecule has 0 aliphatic heterocycles. The molecule has 0 amide bonds. The zero-order chi connectivity index (χ0) is 5.70. The highest BCUT2D eigenvalue weighted by atomic mass is 16.5. The average Bonchev–Trinajstić information content (AvgIpc) is 1.68. The van der Waals surface area contributed by atoms with Crippen molar-refractivity contribution in [3.8, 4) is 0 Å². The van der Waals surface area contributed by atoms with Gasteiger partial charge in [0.1, 0.15) is 0 Å². The Hall–Kier alpha value is -0.750. The minimum Gasteiger partial charge on any atom is -0.487 e. The molecular formula is C5H8O2.